The number of pyridine rings is 1. The summed E-state index contributed by atoms with van der Waals surface area (Å²) < 4.78 is 13.4. The number of rotatable bonds is 5. The maximum absolute atomic E-state index is 13.4. The van der Waals surface area contributed by atoms with Crippen molar-refractivity contribution < 1.29 is 23.7 Å². The Morgan fingerprint density at radius 3 is 2.45 bits per heavy atom. The van der Waals surface area contributed by atoms with Crippen molar-refractivity contribution in [1.29, 1.82) is 0 Å². The van der Waals surface area contributed by atoms with Crippen LogP contribution in [0.25, 0.3) is 0 Å². The highest BCUT2D eigenvalue weighted by atomic mass is 19.1. The van der Waals surface area contributed by atoms with Crippen molar-refractivity contribution in [2.24, 2.45) is 5.92 Å². The molecule has 1 aromatic heterocycles. The van der Waals surface area contributed by atoms with Gasteiger partial charge in [0.25, 0.3) is 5.91 Å². The molecule has 0 radical (unpaired) electrons. The maximum Gasteiger partial charge on any atom is 0.313 e. The molecule has 10 nitrogen and oxygen atoms in total. The summed E-state index contributed by atoms with van der Waals surface area (Å²) in [5, 5.41) is 15.5. The van der Waals surface area contributed by atoms with E-state index in [1.54, 1.807) is 29.4 Å². The van der Waals surface area contributed by atoms with Gasteiger partial charge < -0.3 is 15.5 Å². The van der Waals surface area contributed by atoms with Crippen LogP contribution in [0.4, 0.5) is 15.8 Å². The molecule has 11 heteroatoms. The molecule has 1 fully saturated rings. The molecule has 3 rings (SSSR count). The fourth-order valence-electron chi connectivity index (χ4n) is 3.25. The summed E-state index contributed by atoms with van der Waals surface area (Å²) in [6.45, 7) is 1.33. The number of carbonyl (C=O) groups excluding carboxylic acids is 3. The van der Waals surface area contributed by atoms with E-state index in [-0.39, 0.29) is 24.1 Å². The standard InChI is InChI=1S/C20H20FN5O5/c21-16-2-1-15(11-17(16)26(30)31)24-19(28)18(27)23-12-13-5-9-25(10-6-13)20(29)14-3-7-22-8-4-14/h1-4,7-8,11,13H,5-6,9-10,12H2,(H,23,27)(H,24,28). The first kappa shape index (κ1) is 21.8. The zero-order valence-corrected chi connectivity index (χ0v) is 16.4. The lowest BCUT2D eigenvalue weighted by Crippen LogP contribution is -2.43. The number of nitro benzene ring substituents is 1. The molecular weight excluding hydrogens is 409 g/mol. The van der Waals surface area contributed by atoms with E-state index >= 15 is 0 Å². The SMILES string of the molecule is O=C(NCC1CCN(C(=O)c2ccncc2)CC1)C(=O)Nc1ccc(F)c([N+](=O)[O-])c1. The molecule has 31 heavy (non-hydrogen) atoms. The smallest absolute Gasteiger partial charge is 0.313 e. The minimum absolute atomic E-state index is 0.0591. The van der Waals surface area contributed by atoms with E-state index < -0.39 is 28.2 Å². The third-order valence-electron chi connectivity index (χ3n) is 4.99. The van der Waals surface area contributed by atoms with Gasteiger partial charge in [-0.25, -0.2) is 0 Å². The first-order valence-corrected chi connectivity index (χ1v) is 9.57. The molecule has 2 aromatic rings. The predicted molar refractivity (Wildman–Crippen MR) is 108 cm³/mol. The number of carbonyl (C=O) groups is 3. The van der Waals surface area contributed by atoms with Gasteiger partial charge in [-0.3, -0.25) is 29.5 Å². The van der Waals surface area contributed by atoms with E-state index in [4.69, 9.17) is 0 Å². The fourth-order valence-corrected chi connectivity index (χ4v) is 3.25. The van der Waals surface area contributed by atoms with E-state index in [0.29, 0.717) is 31.5 Å². The Morgan fingerprint density at radius 1 is 1.13 bits per heavy atom. The molecule has 0 aliphatic carbocycles. The Hall–Kier alpha value is -3.89. The van der Waals surface area contributed by atoms with Crippen molar-refractivity contribution in [1.82, 2.24) is 15.2 Å². The van der Waals surface area contributed by atoms with E-state index in [1.807, 2.05) is 0 Å². The van der Waals surface area contributed by atoms with Crippen molar-refractivity contribution >= 4 is 29.1 Å². The van der Waals surface area contributed by atoms with Gasteiger partial charge in [-0.15, -0.1) is 0 Å². The van der Waals surface area contributed by atoms with Gasteiger partial charge in [0, 0.05) is 49.3 Å². The Balaban J connectivity index is 1.45. The summed E-state index contributed by atoms with van der Waals surface area (Å²) >= 11 is 0. The molecule has 2 heterocycles. The number of hydrogen-bond acceptors (Lipinski definition) is 6. The Labute approximate surface area is 176 Å². The van der Waals surface area contributed by atoms with Gasteiger partial charge in [0.1, 0.15) is 0 Å². The number of nitrogens with one attached hydrogen (secondary N) is 2. The molecule has 1 aliphatic heterocycles. The number of hydrogen-bond donors (Lipinski definition) is 2. The lowest BCUT2D eigenvalue weighted by molar-refractivity contribution is -0.387. The lowest BCUT2D eigenvalue weighted by Gasteiger charge is -2.32. The van der Waals surface area contributed by atoms with Gasteiger partial charge in [-0.2, -0.15) is 4.39 Å². The number of nitro groups is 1. The summed E-state index contributed by atoms with van der Waals surface area (Å²) in [6, 6.07) is 6.12. The van der Waals surface area contributed by atoms with E-state index in [1.165, 1.54) is 0 Å². The van der Waals surface area contributed by atoms with Crippen LogP contribution in [-0.4, -0.2) is 52.2 Å². The topological polar surface area (TPSA) is 135 Å². The van der Waals surface area contributed by atoms with Gasteiger partial charge in [-0.1, -0.05) is 0 Å². The third kappa shape index (κ3) is 5.59. The molecule has 1 saturated heterocycles. The largest absolute Gasteiger partial charge is 0.348 e. The van der Waals surface area contributed by atoms with Crippen LogP contribution in [-0.2, 0) is 9.59 Å². The van der Waals surface area contributed by atoms with E-state index in [0.717, 1.165) is 18.2 Å². The summed E-state index contributed by atoms with van der Waals surface area (Å²) in [5.74, 6) is -2.92. The van der Waals surface area contributed by atoms with Crippen molar-refractivity contribution in [3.05, 3.63) is 64.2 Å². The summed E-state index contributed by atoms with van der Waals surface area (Å²) in [4.78, 5) is 51.9. The van der Waals surface area contributed by atoms with Crippen LogP contribution in [0.3, 0.4) is 0 Å². The number of likely N-dealkylation sites (tertiary alicyclic amines) is 1. The van der Waals surface area contributed by atoms with Crippen molar-refractivity contribution in [3.8, 4) is 0 Å². The molecule has 0 atom stereocenters. The second-order valence-electron chi connectivity index (χ2n) is 7.06. The Kier molecular flexibility index (Phi) is 6.85. The van der Waals surface area contributed by atoms with Crippen LogP contribution in [0.1, 0.15) is 23.2 Å². The number of aromatic nitrogens is 1. The van der Waals surface area contributed by atoms with Gasteiger partial charge in [0.15, 0.2) is 0 Å². The van der Waals surface area contributed by atoms with Crippen LogP contribution in [0, 0.1) is 21.8 Å². The minimum atomic E-state index is -1.04. The molecule has 1 aromatic carbocycles. The van der Waals surface area contributed by atoms with Crippen LogP contribution in [0.2, 0.25) is 0 Å². The second kappa shape index (κ2) is 9.74. The van der Waals surface area contributed by atoms with Gasteiger partial charge in [0.05, 0.1) is 4.92 Å². The number of amides is 3. The zero-order valence-electron chi connectivity index (χ0n) is 16.4. The summed E-state index contributed by atoms with van der Waals surface area (Å²) in [5.41, 5.74) is -0.290. The molecule has 0 spiro atoms. The number of halogens is 1. The molecule has 0 unspecified atom stereocenters. The van der Waals surface area contributed by atoms with Crippen molar-refractivity contribution in [2.45, 2.75) is 12.8 Å². The highest BCUT2D eigenvalue weighted by Gasteiger charge is 2.25. The Morgan fingerprint density at radius 2 is 1.81 bits per heavy atom. The van der Waals surface area contributed by atoms with Gasteiger partial charge in [0.2, 0.25) is 5.82 Å². The first-order valence-electron chi connectivity index (χ1n) is 9.57. The lowest BCUT2D eigenvalue weighted by atomic mass is 9.96. The number of nitrogens with zero attached hydrogens (tertiary/aromatic N) is 3. The molecule has 3 amide bonds. The number of piperidine rings is 1. The molecule has 2 N–H and O–H groups in total. The van der Waals surface area contributed by atoms with Gasteiger partial charge in [-0.05, 0) is 43.0 Å². The van der Waals surface area contributed by atoms with Gasteiger partial charge >= 0.3 is 17.5 Å². The van der Waals surface area contributed by atoms with Crippen LogP contribution in [0.15, 0.2) is 42.7 Å². The van der Waals surface area contributed by atoms with E-state index in [2.05, 4.69) is 15.6 Å². The normalized spacial score (nSPS) is 14.0. The zero-order chi connectivity index (χ0) is 22.4. The number of anilines is 1. The quantitative estimate of drug-likeness (QED) is 0.422. The molecular formula is C20H20FN5O5. The minimum Gasteiger partial charge on any atom is -0.348 e. The van der Waals surface area contributed by atoms with Crippen molar-refractivity contribution in [3.63, 3.8) is 0 Å². The molecule has 0 saturated carbocycles. The van der Waals surface area contributed by atoms with Crippen molar-refractivity contribution in [2.75, 3.05) is 25.0 Å². The second-order valence-corrected chi connectivity index (χ2v) is 7.06. The molecule has 0 bridgehead atoms. The third-order valence-corrected chi connectivity index (χ3v) is 4.99. The predicted octanol–water partition coefficient (Wildman–Crippen LogP) is 1.74. The monoisotopic (exact) mass is 429 g/mol. The first-order chi connectivity index (χ1) is 14.8. The number of benzene rings is 1. The molecule has 1 aliphatic rings. The van der Waals surface area contributed by atoms with Crippen LogP contribution < -0.4 is 10.6 Å². The van der Waals surface area contributed by atoms with Crippen LogP contribution >= 0.6 is 0 Å². The Bertz CT molecular complexity index is 993. The average Bonchev–Trinajstić information content (AvgIpc) is 2.79. The maximum atomic E-state index is 13.4. The highest BCUT2D eigenvalue weighted by molar-refractivity contribution is 6.39. The summed E-state index contributed by atoms with van der Waals surface area (Å²) in [6.07, 6.45) is 4.46. The van der Waals surface area contributed by atoms with E-state index in [9.17, 15) is 28.9 Å². The molecule has 162 valence electrons. The summed E-state index contributed by atoms with van der Waals surface area (Å²) in [7, 11) is 0. The fraction of sp³-hybridized carbons (Fsp3) is 0.300. The van der Waals surface area contributed by atoms with Crippen LogP contribution in [0.5, 0.6) is 0 Å². The average molecular weight is 429 g/mol. The highest BCUT2D eigenvalue weighted by Crippen LogP contribution is 2.22.